The lowest BCUT2D eigenvalue weighted by atomic mass is 9.96. The van der Waals surface area contributed by atoms with Crippen LogP contribution in [0.2, 0.25) is 0 Å². The van der Waals surface area contributed by atoms with Crippen LogP contribution in [0.25, 0.3) is 0 Å². The SMILES string of the molecule is COC(C(O)CO)C(O)C(O)C(O)C(O)C(=O)O. The molecule has 0 aromatic heterocycles. The second-order valence-electron chi connectivity index (χ2n) is 3.71. The molecule has 18 heavy (non-hydrogen) atoms. The Hall–Kier alpha value is -0.810. The second kappa shape index (κ2) is 7.59. The number of rotatable bonds is 8. The number of hydrogen-bond acceptors (Lipinski definition) is 8. The van der Waals surface area contributed by atoms with Gasteiger partial charge in [0.1, 0.15) is 30.5 Å². The minimum atomic E-state index is -2.31. The Labute approximate surface area is 102 Å². The number of aliphatic hydroxyl groups is 6. The van der Waals surface area contributed by atoms with Gasteiger partial charge in [-0.05, 0) is 0 Å². The van der Waals surface area contributed by atoms with Gasteiger partial charge < -0.3 is 40.5 Å². The van der Waals surface area contributed by atoms with Gasteiger partial charge in [-0.15, -0.1) is 0 Å². The van der Waals surface area contributed by atoms with Gasteiger partial charge >= 0.3 is 5.97 Å². The first-order valence-electron chi connectivity index (χ1n) is 5.04. The minimum absolute atomic E-state index is 0.778. The quantitative estimate of drug-likeness (QED) is 0.232. The molecule has 0 aliphatic carbocycles. The molecule has 0 aromatic carbocycles. The van der Waals surface area contributed by atoms with E-state index in [4.69, 9.17) is 15.3 Å². The first kappa shape index (κ1) is 17.2. The predicted molar refractivity (Wildman–Crippen MR) is 55.6 cm³/mol. The number of aliphatic hydroxyl groups excluding tert-OH is 6. The third-order valence-corrected chi connectivity index (χ3v) is 2.45. The zero-order valence-corrected chi connectivity index (χ0v) is 9.62. The Morgan fingerprint density at radius 2 is 1.56 bits per heavy atom. The van der Waals surface area contributed by atoms with Crippen LogP contribution in [0.3, 0.4) is 0 Å². The smallest absolute Gasteiger partial charge is 0.335 e. The van der Waals surface area contributed by atoms with Crippen molar-refractivity contribution < 1.29 is 45.3 Å². The van der Waals surface area contributed by atoms with E-state index < -0.39 is 49.2 Å². The van der Waals surface area contributed by atoms with E-state index in [0.717, 1.165) is 7.11 Å². The highest BCUT2D eigenvalue weighted by Crippen LogP contribution is 2.13. The van der Waals surface area contributed by atoms with Crippen molar-refractivity contribution in [3.05, 3.63) is 0 Å². The highest BCUT2D eigenvalue weighted by atomic mass is 16.5. The number of carboxylic acid groups (broad SMARTS) is 1. The van der Waals surface area contributed by atoms with E-state index in [9.17, 15) is 25.2 Å². The highest BCUT2D eigenvalue weighted by Gasteiger charge is 2.40. The molecule has 0 aliphatic rings. The van der Waals surface area contributed by atoms with Gasteiger partial charge in [0.2, 0.25) is 0 Å². The van der Waals surface area contributed by atoms with E-state index in [1.165, 1.54) is 0 Å². The number of ether oxygens (including phenoxy) is 1. The van der Waals surface area contributed by atoms with Gasteiger partial charge in [-0.2, -0.15) is 0 Å². The second-order valence-corrected chi connectivity index (χ2v) is 3.71. The summed E-state index contributed by atoms with van der Waals surface area (Å²) in [6, 6.07) is 0. The third-order valence-electron chi connectivity index (χ3n) is 2.45. The molecule has 0 spiro atoms. The van der Waals surface area contributed by atoms with Crippen LogP contribution in [0, 0.1) is 0 Å². The van der Waals surface area contributed by atoms with E-state index in [0.29, 0.717) is 0 Å². The minimum Gasteiger partial charge on any atom is -0.479 e. The molecule has 0 aromatic rings. The Kier molecular flexibility index (Phi) is 7.25. The maximum absolute atomic E-state index is 10.4. The molecule has 0 aliphatic heterocycles. The summed E-state index contributed by atoms with van der Waals surface area (Å²) < 4.78 is 4.62. The van der Waals surface area contributed by atoms with Gasteiger partial charge in [-0.25, -0.2) is 4.79 Å². The largest absolute Gasteiger partial charge is 0.479 e. The zero-order chi connectivity index (χ0) is 14.5. The zero-order valence-electron chi connectivity index (χ0n) is 9.62. The lowest BCUT2D eigenvalue weighted by molar-refractivity contribution is -0.178. The van der Waals surface area contributed by atoms with Crippen LogP contribution in [0.4, 0.5) is 0 Å². The molecule has 9 heteroatoms. The standard InChI is InChI=1S/C9H18O9/c1-18-8(3(11)2-10)6(14)4(12)5(13)7(15)9(16)17/h3-8,10-15H,2H2,1H3,(H,16,17). The molecule has 0 fully saturated rings. The fourth-order valence-electron chi connectivity index (χ4n) is 1.36. The summed E-state index contributed by atoms with van der Waals surface area (Å²) in [6.07, 6.45) is -11.5. The van der Waals surface area contributed by atoms with Crippen molar-refractivity contribution in [3.8, 4) is 0 Å². The molecule has 108 valence electrons. The molecule has 0 radical (unpaired) electrons. The van der Waals surface area contributed by atoms with Crippen molar-refractivity contribution in [3.63, 3.8) is 0 Å². The number of aliphatic carboxylic acids is 1. The summed E-state index contributed by atoms with van der Waals surface area (Å²) in [5, 5.41) is 63.6. The Morgan fingerprint density at radius 1 is 1.06 bits per heavy atom. The fraction of sp³-hybridized carbons (Fsp3) is 0.889. The van der Waals surface area contributed by atoms with Crippen molar-refractivity contribution in [2.24, 2.45) is 0 Å². The molecule has 0 rings (SSSR count). The Bertz CT molecular complexity index is 258. The molecule has 0 heterocycles. The van der Waals surface area contributed by atoms with E-state index in [1.54, 1.807) is 0 Å². The third kappa shape index (κ3) is 4.14. The number of carboxylic acids is 1. The van der Waals surface area contributed by atoms with Crippen molar-refractivity contribution in [1.29, 1.82) is 0 Å². The van der Waals surface area contributed by atoms with Gasteiger partial charge in [0, 0.05) is 7.11 Å². The van der Waals surface area contributed by atoms with Crippen LogP contribution < -0.4 is 0 Å². The molecule has 0 saturated carbocycles. The van der Waals surface area contributed by atoms with E-state index >= 15 is 0 Å². The number of hydrogen-bond donors (Lipinski definition) is 7. The average Bonchev–Trinajstić information content (AvgIpc) is 2.36. The molecule has 6 atom stereocenters. The maximum atomic E-state index is 10.4. The van der Waals surface area contributed by atoms with Crippen molar-refractivity contribution in [1.82, 2.24) is 0 Å². The summed E-state index contributed by atoms with van der Waals surface area (Å²) in [5.74, 6) is -1.79. The topological polar surface area (TPSA) is 168 Å². The number of carbonyl (C=O) groups is 1. The van der Waals surface area contributed by atoms with Crippen LogP contribution >= 0.6 is 0 Å². The maximum Gasteiger partial charge on any atom is 0.335 e. The van der Waals surface area contributed by atoms with Crippen molar-refractivity contribution in [2.45, 2.75) is 36.6 Å². The van der Waals surface area contributed by atoms with Crippen LogP contribution in [-0.2, 0) is 9.53 Å². The molecule has 0 saturated heterocycles. The summed E-state index contributed by atoms with van der Waals surface area (Å²) in [6.45, 7) is -0.778. The predicted octanol–water partition coefficient (Wildman–Crippen LogP) is -4.12. The first-order valence-corrected chi connectivity index (χ1v) is 5.04. The van der Waals surface area contributed by atoms with Gasteiger partial charge in [0.05, 0.1) is 6.61 Å². The van der Waals surface area contributed by atoms with E-state index in [2.05, 4.69) is 4.74 Å². The van der Waals surface area contributed by atoms with E-state index in [-0.39, 0.29) is 0 Å². The first-order chi connectivity index (χ1) is 8.27. The van der Waals surface area contributed by atoms with Crippen LogP contribution in [0.1, 0.15) is 0 Å². The van der Waals surface area contributed by atoms with E-state index in [1.807, 2.05) is 0 Å². The monoisotopic (exact) mass is 270 g/mol. The normalized spacial score (nSPS) is 21.7. The highest BCUT2D eigenvalue weighted by molar-refractivity contribution is 5.72. The van der Waals surface area contributed by atoms with Gasteiger partial charge in [0.15, 0.2) is 6.10 Å². The van der Waals surface area contributed by atoms with Gasteiger partial charge in [0.25, 0.3) is 0 Å². The fourth-order valence-corrected chi connectivity index (χ4v) is 1.36. The lowest BCUT2D eigenvalue weighted by Gasteiger charge is -2.31. The summed E-state index contributed by atoms with van der Waals surface area (Å²) in [7, 11) is 1.07. The Balaban J connectivity index is 4.74. The van der Waals surface area contributed by atoms with Gasteiger partial charge in [-0.1, -0.05) is 0 Å². The summed E-state index contributed by atoms with van der Waals surface area (Å²) in [5.41, 5.74) is 0. The molecule has 0 amide bonds. The Morgan fingerprint density at radius 3 is 1.89 bits per heavy atom. The molecule has 6 unspecified atom stereocenters. The van der Waals surface area contributed by atoms with Crippen LogP contribution in [0.5, 0.6) is 0 Å². The lowest BCUT2D eigenvalue weighted by Crippen LogP contribution is -2.54. The van der Waals surface area contributed by atoms with Gasteiger partial charge in [-0.3, -0.25) is 0 Å². The van der Waals surface area contributed by atoms with Crippen LogP contribution in [0.15, 0.2) is 0 Å². The molecule has 0 bridgehead atoms. The molecule has 7 N–H and O–H groups in total. The average molecular weight is 270 g/mol. The number of methoxy groups -OCH3 is 1. The molecular formula is C9H18O9. The molecule has 9 nitrogen and oxygen atoms in total. The van der Waals surface area contributed by atoms with Crippen LogP contribution in [-0.4, -0.2) is 92.1 Å². The van der Waals surface area contributed by atoms with Crippen molar-refractivity contribution in [2.75, 3.05) is 13.7 Å². The summed E-state index contributed by atoms with van der Waals surface area (Å²) >= 11 is 0. The summed E-state index contributed by atoms with van der Waals surface area (Å²) in [4.78, 5) is 10.4. The molecular weight excluding hydrogens is 252 g/mol. The van der Waals surface area contributed by atoms with Crippen molar-refractivity contribution >= 4 is 5.97 Å².